The average Bonchev–Trinajstić information content (AvgIpc) is 3.80. The zero-order valence-corrected chi connectivity index (χ0v) is 24.9. The van der Waals surface area contributed by atoms with Gasteiger partial charge in [-0.1, -0.05) is 76.9 Å². The van der Waals surface area contributed by atoms with Crippen LogP contribution < -0.4 is 0 Å². The standard InChI is InChI=1S/C37H43N5/c1-2-3-4-5-6-7-8-9-10-12-21-42-22-13-11-14-37(42)35-26-34-25-32-18-17-30(39-32)23-28-15-16-29(38-28)24-31-19-20-33(40-31)27-36(35)41-34/h11,13-20,22-27,37,39,41H,2-10,12,21H2,1H3. The lowest BCUT2D eigenvalue weighted by Crippen LogP contribution is -2.24. The highest BCUT2D eigenvalue weighted by Crippen LogP contribution is 2.31. The third kappa shape index (κ3) is 7.20. The molecule has 5 nitrogen and oxygen atoms in total. The van der Waals surface area contributed by atoms with Gasteiger partial charge in [0.25, 0.3) is 0 Å². The molecular weight excluding hydrogens is 514 g/mol. The maximum atomic E-state index is 4.89. The lowest BCUT2D eigenvalue weighted by atomic mass is 10.0. The molecule has 5 heteroatoms. The Kier molecular flexibility index (Phi) is 9.14. The van der Waals surface area contributed by atoms with Crippen LogP contribution >= 0.6 is 0 Å². The predicted octanol–water partition coefficient (Wildman–Crippen LogP) is 10.0. The minimum absolute atomic E-state index is 0.181. The first kappa shape index (κ1) is 28.0. The fourth-order valence-corrected chi connectivity index (χ4v) is 6.10. The van der Waals surface area contributed by atoms with Gasteiger partial charge < -0.3 is 14.9 Å². The molecule has 0 aliphatic carbocycles. The Morgan fingerprint density at radius 1 is 0.619 bits per heavy atom. The lowest BCUT2D eigenvalue weighted by molar-refractivity contribution is 0.312. The monoisotopic (exact) mass is 557 g/mol. The number of nitrogens with zero attached hydrogens (tertiary/aromatic N) is 3. The van der Waals surface area contributed by atoms with E-state index in [1.165, 1.54) is 69.8 Å². The van der Waals surface area contributed by atoms with Crippen LogP contribution in [0.15, 0.2) is 66.9 Å². The number of rotatable bonds is 12. The SMILES string of the molecule is CCCCCCCCCCCCN1C=CC=CC1c1cc2cc3ccc(cc4nc(cc5nc(cc1[nH]2)C=C5)C=C4)[nH]3. The zero-order chi connectivity index (χ0) is 28.6. The van der Waals surface area contributed by atoms with Crippen molar-refractivity contribution in [2.75, 3.05) is 6.54 Å². The topological polar surface area (TPSA) is 60.6 Å². The molecule has 3 aromatic heterocycles. The van der Waals surface area contributed by atoms with Crippen molar-refractivity contribution in [3.8, 4) is 0 Å². The van der Waals surface area contributed by atoms with Crippen molar-refractivity contribution >= 4 is 46.4 Å². The molecule has 42 heavy (non-hydrogen) atoms. The highest BCUT2D eigenvalue weighted by molar-refractivity contribution is 5.78. The average molecular weight is 558 g/mol. The summed E-state index contributed by atoms with van der Waals surface area (Å²) in [6.45, 7) is 3.35. The number of unbranched alkanes of at least 4 members (excludes halogenated alkanes) is 9. The van der Waals surface area contributed by atoms with E-state index in [1.54, 1.807) is 0 Å². The largest absolute Gasteiger partial charge is 0.367 e. The molecule has 0 saturated heterocycles. The van der Waals surface area contributed by atoms with Crippen LogP contribution in [0, 0.1) is 0 Å². The number of H-pyrrole nitrogens is 2. The van der Waals surface area contributed by atoms with Crippen molar-refractivity contribution in [2.24, 2.45) is 0 Å². The molecule has 0 saturated carbocycles. The van der Waals surface area contributed by atoms with Gasteiger partial charge in [-0.15, -0.1) is 0 Å². The number of aromatic amines is 2. The van der Waals surface area contributed by atoms with Gasteiger partial charge in [0, 0.05) is 34.2 Å². The van der Waals surface area contributed by atoms with Gasteiger partial charge in [-0.3, -0.25) is 0 Å². The summed E-state index contributed by atoms with van der Waals surface area (Å²) in [5.74, 6) is 0. The van der Waals surface area contributed by atoms with Crippen LogP contribution in [0.1, 0.15) is 106 Å². The number of nitrogens with one attached hydrogen (secondary N) is 2. The van der Waals surface area contributed by atoms with Crippen molar-refractivity contribution in [1.82, 2.24) is 24.8 Å². The molecule has 2 N–H and O–H groups in total. The Morgan fingerprint density at radius 2 is 1.24 bits per heavy atom. The van der Waals surface area contributed by atoms with Crippen LogP contribution in [-0.2, 0) is 0 Å². The van der Waals surface area contributed by atoms with Crippen molar-refractivity contribution in [1.29, 1.82) is 0 Å². The lowest BCUT2D eigenvalue weighted by Gasteiger charge is -2.30. The molecule has 216 valence electrons. The molecule has 0 radical (unpaired) electrons. The van der Waals surface area contributed by atoms with Gasteiger partial charge >= 0.3 is 0 Å². The molecule has 1 unspecified atom stereocenters. The smallest absolute Gasteiger partial charge is 0.0745 e. The molecule has 3 aromatic rings. The van der Waals surface area contributed by atoms with E-state index in [-0.39, 0.29) is 6.04 Å². The number of aromatic nitrogens is 4. The molecule has 0 spiro atoms. The van der Waals surface area contributed by atoms with E-state index in [2.05, 4.69) is 94.8 Å². The maximum Gasteiger partial charge on any atom is 0.0745 e. The second kappa shape index (κ2) is 13.7. The Balaban J connectivity index is 1.24. The highest BCUT2D eigenvalue weighted by Gasteiger charge is 2.19. The van der Waals surface area contributed by atoms with Crippen molar-refractivity contribution < 1.29 is 0 Å². The van der Waals surface area contributed by atoms with E-state index in [0.29, 0.717) is 0 Å². The number of hydrogen-bond acceptors (Lipinski definition) is 3. The van der Waals surface area contributed by atoms with E-state index in [0.717, 1.165) is 51.4 Å². The summed E-state index contributed by atoms with van der Waals surface area (Å²) in [5.41, 5.74) is 9.25. The molecule has 1 atom stereocenters. The third-order valence-electron chi connectivity index (χ3n) is 8.33. The number of allylic oxidation sites excluding steroid dienone is 2. The molecule has 6 rings (SSSR count). The van der Waals surface area contributed by atoms with Gasteiger partial charge in [-0.25, -0.2) is 9.97 Å². The Bertz CT molecular complexity index is 1650. The molecule has 0 aromatic carbocycles. The quantitative estimate of drug-likeness (QED) is 0.150. The van der Waals surface area contributed by atoms with Crippen LogP contribution in [0.5, 0.6) is 0 Å². The highest BCUT2D eigenvalue weighted by atomic mass is 15.1. The number of fused-ring (bicyclic) bond motifs is 8. The number of hydrogen-bond donors (Lipinski definition) is 2. The van der Waals surface area contributed by atoms with Crippen molar-refractivity contribution in [3.63, 3.8) is 0 Å². The Labute approximate surface area is 249 Å². The van der Waals surface area contributed by atoms with Gasteiger partial charge in [0.05, 0.1) is 28.8 Å². The summed E-state index contributed by atoms with van der Waals surface area (Å²) in [6, 6.07) is 15.2. The minimum Gasteiger partial charge on any atom is -0.367 e. The Morgan fingerprint density at radius 3 is 1.95 bits per heavy atom. The van der Waals surface area contributed by atoms with E-state index in [1.807, 2.05) is 18.2 Å². The summed E-state index contributed by atoms with van der Waals surface area (Å²) in [4.78, 5) is 19.3. The second-order valence-corrected chi connectivity index (χ2v) is 11.7. The van der Waals surface area contributed by atoms with Gasteiger partial charge in [0.2, 0.25) is 0 Å². The third-order valence-corrected chi connectivity index (χ3v) is 8.33. The van der Waals surface area contributed by atoms with E-state index >= 15 is 0 Å². The van der Waals surface area contributed by atoms with Crippen LogP contribution in [0.3, 0.4) is 0 Å². The molecular formula is C37H43N5. The van der Waals surface area contributed by atoms with Gasteiger partial charge in [-0.05, 0) is 85.5 Å². The maximum absolute atomic E-state index is 4.89. The molecule has 0 amide bonds. The summed E-state index contributed by atoms with van der Waals surface area (Å²) in [7, 11) is 0. The zero-order valence-electron chi connectivity index (χ0n) is 24.9. The second-order valence-electron chi connectivity index (χ2n) is 11.7. The fourth-order valence-electron chi connectivity index (χ4n) is 6.10. The van der Waals surface area contributed by atoms with Crippen LogP contribution in [0.25, 0.3) is 46.4 Å². The molecule has 3 aliphatic rings. The van der Waals surface area contributed by atoms with Crippen LogP contribution in [-0.4, -0.2) is 31.4 Å². The van der Waals surface area contributed by atoms with Gasteiger partial charge in [0.15, 0.2) is 0 Å². The van der Waals surface area contributed by atoms with E-state index in [4.69, 9.17) is 9.97 Å². The fraction of sp³-hybridized carbons (Fsp3) is 0.351. The Hall–Kier alpha value is -4.12. The normalized spacial score (nSPS) is 15.6. The summed E-state index contributed by atoms with van der Waals surface area (Å²) in [5, 5.41) is 0. The van der Waals surface area contributed by atoms with E-state index < -0.39 is 0 Å². The molecule has 0 fully saturated rings. The van der Waals surface area contributed by atoms with Gasteiger partial charge in [0.1, 0.15) is 0 Å². The first-order valence-electron chi connectivity index (χ1n) is 15.9. The minimum atomic E-state index is 0.181. The first-order chi connectivity index (χ1) is 20.7. The van der Waals surface area contributed by atoms with Crippen LogP contribution in [0.4, 0.5) is 0 Å². The predicted molar refractivity (Wildman–Crippen MR) is 178 cm³/mol. The summed E-state index contributed by atoms with van der Waals surface area (Å²) >= 11 is 0. The van der Waals surface area contributed by atoms with Crippen molar-refractivity contribution in [2.45, 2.75) is 77.2 Å². The molecule has 8 bridgehead atoms. The molecule has 6 heterocycles. The summed E-state index contributed by atoms with van der Waals surface area (Å²) in [6.07, 6.45) is 30.7. The van der Waals surface area contributed by atoms with Crippen LogP contribution in [0.2, 0.25) is 0 Å². The van der Waals surface area contributed by atoms with Crippen molar-refractivity contribution in [3.05, 3.63) is 95.2 Å². The van der Waals surface area contributed by atoms with Gasteiger partial charge in [-0.2, -0.15) is 0 Å². The summed E-state index contributed by atoms with van der Waals surface area (Å²) < 4.78 is 0. The van der Waals surface area contributed by atoms with E-state index in [9.17, 15) is 0 Å². The molecule has 3 aliphatic heterocycles. The first-order valence-corrected chi connectivity index (χ1v) is 15.9.